The van der Waals surface area contributed by atoms with Crippen molar-refractivity contribution < 1.29 is 24.0 Å². The number of piperidine rings is 1. The van der Waals surface area contributed by atoms with E-state index in [1.54, 1.807) is 0 Å². The Bertz CT molecular complexity index is 524. The quantitative estimate of drug-likeness (QED) is 0.714. The summed E-state index contributed by atoms with van der Waals surface area (Å²) in [6.07, 6.45) is 0.721. The summed E-state index contributed by atoms with van der Waals surface area (Å²) in [4.78, 5) is 34.8. The maximum Gasteiger partial charge on any atom is 0.358 e. The fraction of sp³-hybridized carbons (Fsp3) is 0.455. The Morgan fingerprint density at radius 3 is 3.00 bits per heavy atom. The summed E-state index contributed by atoms with van der Waals surface area (Å²) in [7, 11) is 1.44. The molecule has 1 unspecified atom stereocenters. The number of rotatable bonds is 4. The van der Waals surface area contributed by atoms with Gasteiger partial charge in [-0.25, -0.2) is 4.79 Å². The maximum absolute atomic E-state index is 11.8. The zero-order valence-corrected chi connectivity index (χ0v) is 10.3. The first kappa shape index (κ1) is 13.2. The molecule has 1 aromatic heterocycles. The fourth-order valence-electron chi connectivity index (χ4n) is 1.83. The third-order valence-electron chi connectivity index (χ3n) is 2.95. The molecule has 0 aliphatic carbocycles. The van der Waals surface area contributed by atoms with Crippen LogP contribution in [0.25, 0.3) is 0 Å². The third-order valence-corrected chi connectivity index (χ3v) is 2.95. The zero-order chi connectivity index (χ0) is 14.0. The van der Waals surface area contributed by atoms with Crippen molar-refractivity contribution in [3.63, 3.8) is 0 Å². The molecule has 19 heavy (non-hydrogen) atoms. The van der Waals surface area contributed by atoms with Gasteiger partial charge in [0.25, 0.3) is 0 Å². The zero-order valence-electron chi connectivity index (χ0n) is 10.3. The molecule has 0 aromatic carbocycles. The second-order valence-corrected chi connectivity index (χ2v) is 4.25. The molecule has 8 nitrogen and oxygen atoms in total. The summed E-state index contributed by atoms with van der Waals surface area (Å²) in [6, 6.07) is 0.818. The molecule has 0 spiro atoms. The molecule has 1 aliphatic heterocycles. The van der Waals surface area contributed by atoms with Crippen LogP contribution in [0.4, 0.5) is 0 Å². The van der Waals surface area contributed by atoms with E-state index < -0.39 is 12.0 Å². The lowest BCUT2D eigenvalue weighted by atomic mass is 10.0. The van der Waals surface area contributed by atoms with E-state index >= 15 is 0 Å². The normalized spacial score (nSPS) is 19.8. The Kier molecular flexibility index (Phi) is 3.61. The van der Waals surface area contributed by atoms with Crippen LogP contribution in [-0.4, -0.2) is 46.0 Å². The summed E-state index contributed by atoms with van der Waals surface area (Å²) in [5, 5.41) is 15.0. The number of nitrogens with zero attached hydrogens (tertiary/aromatic N) is 2. The van der Waals surface area contributed by atoms with Crippen molar-refractivity contribution in [3.05, 3.63) is 17.5 Å². The molecule has 1 saturated heterocycles. The number of carboxylic acids is 1. The molecule has 2 amide bonds. The molecule has 1 aromatic rings. The second-order valence-electron chi connectivity index (χ2n) is 4.25. The van der Waals surface area contributed by atoms with Crippen molar-refractivity contribution in [2.75, 3.05) is 7.05 Å². The summed E-state index contributed by atoms with van der Waals surface area (Å²) in [5.41, 5.74) is -0.181. The van der Waals surface area contributed by atoms with E-state index in [0.717, 1.165) is 4.90 Å². The SMILES string of the molecule is CN1C(=O)CCC(NCc2cc(C(=O)O)no2)C1=O. The minimum Gasteiger partial charge on any atom is -0.476 e. The van der Waals surface area contributed by atoms with Crippen molar-refractivity contribution in [2.24, 2.45) is 0 Å². The average molecular weight is 267 g/mol. The van der Waals surface area contributed by atoms with Crippen molar-refractivity contribution >= 4 is 17.8 Å². The van der Waals surface area contributed by atoms with Crippen LogP contribution in [0.3, 0.4) is 0 Å². The minimum atomic E-state index is -1.17. The highest BCUT2D eigenvalue weighted by atomic mass is 16.5. The van der Waals surface area contributed by atoms with Crippen LogP contribution in [0.2, 0.25) is 0 Å². The van der Waals surface area contributed by atoms with E-state index in [0.29, 0.717) is 18.6 Å². The van der Waals surface area contributed by atoms with Gasteiger partial charge in [-0.1, -0.05) is 5.16 Å². The maximum atomic E-state index is 11.8. The Morgan fingerprint density at radius 1 is 1.63 bits per heavy atom. The number of hydrogen-bond acceptors (Lipinski definition) is 6. The molecule has 2 rings (SSSR count). The first-order chi connectivity index (χ1) is 8.99. The lowest BCUT2D eigenvalue weighted by molar-refractivity contribution is -0.148. The molecule has 2 N–H and O–H groups in total. The molecular weight excluding hydrogens is 254 g/mol. The van der Waals surface area contributed by atoms with Crippen LogP contribution in [0.5, 0.6) is 0 Å². The Labute approximate surface area is 108 Å². The number of likely N-dealkylation sites (tertiary alicyclic amines) is 1. The molecule has 2 heterocycles. The van der Waals surface area contributed by atoms with E-state index in [1.165, 1.54) is 13.1 Å². The van der Waals surface area contributed by atoms with Gasteiger partial charge in [0.15, 0.2) is 11.5 Å². The summed E-state index contributed by atoms with van der Waals surface area (Å²) >= 11 is 0. The van der Waals surface area contributed by atoms with Gasteiger partial charge in [0, 0.05) is 19.5 Å². The van der Waals surface area contributed by atoms with Gasteiger partial charge in [-0.15, -0.1) is 0 Å². The lowest BCUT2D eigenvalue weighted by Crippen LogP contribution is -2.51. The van der Waals surface area contributed by atoms with Crippen LogP contribution in [0.1, 0.15) is 29.1 Å². The molecule has 0 radical (unpaired) electrons. The first-order valence-corrected chi connectivity index (χ1v) is 5.71. The molecule has 1 aliphatic rings. The monoisotopic (exact) mass is 267 g/mol. The number of carboxylic acid groups (broad SMARTS) is 1. The Balaban J connectivity index is 1.93. The Morgan fingerprint density at radius 2 is 2.37 bits per heavy atom. The molecule has 102 valence electrons. The van der Waals surface area contributed by atoms with Crippen LogP contribution >= 0.6 is 0 Å². The van der Waals surface area contributed by atoms with Crippen molar-refractivity contribution in [3.8, 4) is 0 Å². The third kappa shape index (κ3) is 2.79. The van der Waals surface area contributed by atoms with Crippen LogP contribution in [-0.2, 0) is 16.1 Å². The van der Waals surface area contributed by atoms with Crippen LogP contribution < -0.4 is 5.32 Å². The highest BCUT2D eigenvalue weighted by molar-refractivity contribution is 6.00. The number of likely N-dealkylation sites (N-methyl/N-ethyl adjacent to an activating group) is 1. The first-order valence-electron chi connectivity index (χ1n) is 5.71. The van der Waals surface area contributed by atoms with Crippen molar-refractivity contribution in [2.45, 2.75) is 25.4 Å². The minimum absolute atomic E-state index is 0.179. The van der Waals surface area contributed by atoms with E-state index in [2.05, 4.69) is 10.5 Å². The molecule has 0 bridgehead atoms. The van der Waals surface area contributed by atoms with Crippen molar-refractivity contribution in [1.29, 1.82) is 0 Å². The number of carbonyl (C=O) groups is 3. The summed E-state index contributed by atoms with van der Waals surface area (Å²) in [6.45, 7) is 0.179. The van der Waals surface area contributed by atoms with E-state index in [1.807, 2.05) is 0 Å². The van der Waals surface area contributed by atoms with Gasteiger partial charge in [0.2, 0.25) is 11.8 Å². The molecule has 1 atom stereocenters. The van der Waals surface area contributed by atoms with Gasteiger partial charge in [0.1, 0.15) is 0 Å². The number of nitrogens with one attached hydrogen (secondary N) is 1. The standard InChI is InChI=1S/C11H13N3O5/c1-14-9(15)3-2-7(10(14)16)12-5-6-4-8(11(17)18)13-19-6/h4,7,12H,2-3,5H2,1H3,(H,17,18). The van der Waals surface area contributed by atoms with E-state index in [9.17, 15) is 14.4 Å². The Hall–Kier alpha value is -2.22. The number of hydrogen-bond donors (Lipinski definition) is 2. The topological polar surface area (TPSA) is 113 Å². The van der Waals surface area contributed by atoms with E-state index in [-0.39, 0.29) is 24.1 Å². The molecular formula is C11H13N3O5. The van der Waals surface area contributed by atoms with E-state index in [4.69, 9.17) is 9.63 Å². The number of aromatic nitrogens is 1. The fourth-order valence-corrected chi connectivity index (χ4v) is 1.83. The predicted molar refractivity (Wildman–Crippen MR) is 61.1 cm³/mol. The summed E-state index contributed by atoms with van der Waals surface area (Å²) in [5.74, 6) is -1.34. The lowest BCUT2D eigenvalue weighted by Gasteiger charge is -2.27. The second kappa shape index (κ2) is 5.19. The predicted octanol–water partition coefficient (Wildman–Crippen LogP) is -0.390. The average Bonchev–Trinajstić information content (AvgIpc) is 2.84. The van der Waals surface area contributed by atoms with Crippen molar-refractivity contribution in [1.82, 2.24) is 15.4 Å². The van der Waals surface area contributed by atoms with Gasteiger partial charge < -0.3 is 9.63 Å². The van der Waals surface area contributed by atoms with Gasteiger partial charge in [-0.05, 0) is 6.42 Å². The number of amides is 2. The molecule has 0 saturated carbocycles. The smallest absolute Gasteiger partial charge is 0.358 e. The highest BCUT2D eigenvalue weighted by Crippen LogP contribution is 2.12. The molecule has 1 fully saturated rings. The van der Waals surface area contributed by atoms with Crippen LogP contribution in [0, 0.1) is 0 Å². The van der Waals surface area contributed by atoms with Gasteiger partial charge >= 0.3 is 5.97 Å². The van der Waals surface area contributed by atoms with Gasteiger partial charge in [-0.2, -0.15) is 0 Å². The number of aromatic carboxylic acids is 1. The highest BCUT2D eigenvalue weighted by Gasteiger charge is 2.31. The largest absolute Gasteiger partial charge is 0.476 e. The number of imide groups is 1. The van der Waals surface area contributed by atoms with Crippen LogP contribution in [0.15, 0.2) is 10.6 Å². The van der Waals surface area contributed by atoms with Gasteiger partial charge in [0.05, 0.1) is 12.6 Å². The number of carbonyl (C=O) groups excluding carboxylic acids is 2. The van der Waals surface area contributed by atoms with Gasteiger partial charge in [-0.3, -0.25) is 19.8 Å². The summed E-state index contributed by atoms with van der Waals surface area (Å²) < 4.78 is 4.82. The molecule has 8 heteroatoms.